The van der Waals surface area contributed by atoms with Crippen LogP contribution < -0.4 is 5.32 Å². The highest BCUT2D eigenvalue weighted by Gasteiger charge is 2.32. The van der Waals surface area contributed by atoms with E-state index in [4.69, 9.17) is 0 Å². The Morgan fingerprint density at radius 2 is 1.83 bits per heavy atom. The highest BCUT2D eigenvalue weighted by molar-refractivity contribution is 7.88. The molecule has 0 radical (unpaired) electrons. The molecule has 3 rings (SSSR count). The quantitative estimate of drug-likeness (QED) is 0.766. The molecule has 1 atom stereocenters. The van der Waals surface area contributed by atoms with Gasteiger partial charge in [-0.05, 0) is 54.5 Å². The zero-order valence-electron chi connectivity index (χ0n) is 17.4. The molecule has 0 saturated carbocycles. The van der Waals surface area contributed by atoms with Gasteiger partial charge >= 0.3 is 0 Å². The van der Waals surface area contributed by atoms with Crippen LogP contribution in [0.25, 0.3) is 0 Å². The molecule has 6 heteroatoms. The molecule has 0 aromatic heterocycles. The second-order valence-corrected chi connectivity index (χ2v) is 10.1. The third-order valence-electron chi connectivity index (χ3n) is 5.59. The normalized spacial score (nSPS) is 18.0. The number of amides is 1. The Labute approximate surface area is 174 Å². The van der Waals surface area contributed by atoms with E-state index < -0.39 is 10.0 Å². The molecule has 29 heavy (non-hydrogen) atoms. The van der Waals surface area contributed by atoms with E-state index in [-0.39, 0.29) is 24.1 Å². The van der Waals surface area contributed by atoms with Crippen molar-refractivity contribution in [2.45, 2.75) is 45.3 Å². The van der Waals surface area contributed by atoms with Crippen molar-refractivity contribution in [1.29, 1.82) is 0 Å². The van der Waals surface area contributed by atoms with Crippen LogP contribution in [0.15, 0.2) is 48.5 Å². The van der Waals surface area contributed by atoms with E-state index in [9.17, 15) is 13.2 Å². The first-order chi connectivity index (χ1) is 13.8. The van der Waals surface area contributed by atoms with Gasteiger partial charge in [-0.2, -0.15) is 0 Å². The van der Waals surface area contributed by atoms with Crippen molar-refractivity contribution in [2.24, 2.45) is 5.92 Å². The molecule has 1 heterocycles. The van der Waals surface area contributed by atoms with E-state index in [2.05, 4.69) is 19.2 Å². The fourth-order valence-electron chi connectivity index (χ4n) is 3.66. The number of sulfonamides is 1. The maximum atomic E-state index is 12.9. The number of piperidine rings is 1. The molecule has 0 unspecified atom stereocenters. The standard InChI is InChI=1S/C23H30N2O3S/c1-17(2)19-10-12-22(13-11-19)24-23(26)20-9-6-14-25(15-20)29(27,28)16-21-8-5-4-7-18(21)3/h4-5,7-8,10-13,17,20H,6,9,14-16H2,1-3H3,(H,24,26)/t20-/m1/s1. The lowest BCUT2D eigenvalue weighted by molar-refractivity contribution is -0.120. The molecule has 1 fully saturated rings. The molecular formula is C23H30N2O3S. The first-order valence-electron chi connectivity index (χ1n) is 10.2. The largest absolute Gasteiger partial charge is 0.326 e. The predicted octanol–water partition coefficient (Wildman–Crippen LogP) is 4.30. The summed E-state index contributed by atoms with van der Waals surface area (Å²) in [5.74, 6) is -0.0339. The molecule has 1 aliphatic heterocycles. The summed E-state index contributed by atoms with van der Waals surface area (Å²) >= 11 is 0. The number of hydrogen-bond acceptors (Lipinski definition) is 3. The second kappa shape index (κ2) is 9.09. The molecule has 1 saturated heterocycles. The zero-order valence-corrected chi connectivity index (χ0v) is 18.2. The minimum atomic E-state index is -3.46. The average Bonchev–Trinajstić information content (AvgIpc) is 2.70. The van der Waals surface area contributed by atoms with Crippen LogP contribution >= 0.6 is 0 Å². The average molecular weight is 415 g/mol. The van der Waals surface area contributed by atoms with Crippen LogP contribution in [0, 0.1) is 12.8 Å². The lowest BCUT2D eigenvalue weighted by Crippen LogP contribution is -2.44. The summed E-state index contributed by atoms with van der Waals surface area (Å²) in [7, 11) is -3.46. The first-order valence-corrected chi connectivity index (χ1v) is 11.8. The van der Waals surface area contributed by atoms with Crippen molar-refractivity contribution in [3.05, 3.63) is 65.2 Å². The van der Waals surface area contributed by atoms with Crippen LogP contribution in [-0.4, -0.2) is 31.7 Å². The topological polar surface area (TPSA) is 66.5 Å². The van der Waals surface area contributed by atoms with E-state index in [1.54, 1.807) is 0 Å². The number of carbonyl (C=O) groups is 1. The Balaban J connectivity index is 1.64. The summed E-state index contributed by atoms with van der Waals surface area (Å²) in [6, 6.07) is 15.4. The Morgan fingerprint density at radius 3 is 2.48 bits per heavy atom. The lowest BCUT2D eigenvalue weighted by atomic mass is 9.98. The Bertz CT molecular complexity index is 952. The predicted molar refractivity (Wildman–Crippen MR) is 117 cm³/mol. The Morgan fingerprint density at radius 1 is 1.14 bits per heavy atom. The fourth-order valence-corrected chi connectivity index (χ4v) is 5.38. The minimum Gasteiger partial charge on any atom is -0.326 e. The Kier molecular flexibility index (Phi) is 6.75. The van der Waals surface area contributed by atoms with Crippen LogP contribution in [0.3, 0.4) is 0 Å². The third-order valence-corrected chi connectivity index (χ3v) is 7.39. The van der Waals surface area contributed by atoms with Crippen molar-refractivity contribution in [2.75, 3.05) is 18.4 Å². The summed E-state index contributed by atoms with van der Waals surface area (Å²) in [6.45, 7) is 6.89. The number of hydrogen-bond donors (Lipinski definition) is 1. The van der Waals surface area contributed by atoms with Crippen LogP contribution in [0.4, 0.5) is 5.69 Å². The van der Waals surface area contributed by atoms with Crippen LogP contribution in [0.1, 0.15) is 49.3 Å². The van der Waals surface area contributed by atoms with Crippen molar-refractivity contribution in [3.63, 3.8) is 0 Å². The highest BCUT2D eigenvalue weighted by Crippen LogP contribution is 2.24. The summed E-state index contributed by atoms with van der Waals surface area (Å²) in [5, 5.41) is 2.95. The second-order valence-electron chi connectivity index (χ2n) is 8.15. The SMILES string of the molecule is Cc1ccccc1CS(=O)(=O)N1CCC[C@@H](C(=O)Nc2ccc(C(C)C)cc2)C1. The fraction of sp³-hybridized carbons (Fsp3) is 0.435. The van der Waals surface area contributed by atoms with Crippen molar-refractivity contribution >= 4 is 21.6 Å². The molecule has 2 aromatic rings. The molecule has 1 aliphatic rings. The van der Waals surface area contributed by atoms with Gasteiger partial charge in [0.2, 0.25) is 15.9 Å². The molecule has 0 spiro atoms. The highest BCUT2D eigenvalue weighted by atomic mass is 32.2. The molecule has 5 nitrogen and oxygen atoms in total. The van der Waals surface area contributed by atoms with E-state index in [1.807, 2.05) is 55.5 Å². The number of anilines is 1. The number of benzene rings is 2. The van der Waals surface area contributed by atoms with Gasteiger partial charge in [-0.1, -0.05) is 50.2 Å². The number of carbonyl (C=O) groups excluding carboxylic acids is 1. The van der Waals surface area contributed by atoms with Gasteiger partial charge in [0.15, 0.2) is 0 Å². The number of aryl methyl sites for hydroxylation is 1. The van der Waals surface area contributed by atoms with Crippen LogP contribution in [-0.2, 0) is 20.6 Å². The zero-order chi connectivity index (χ0) is 21.0. The summed E-state index contributed by atoms with van der Waals surface area (Å²) in [4.78, 5) is 12.7. The first kappa shape index (κ1) is 21.5. The van der Waals surface area contributed by atoms with Gasteiger partial charge < -0.3 is 5.32 Å². The number of nitrogens with zero attached hydrogens (tertiary/aromatic N) is 1. The smallest absolute Gasteiger partial charge is 0.228 e. The molecule has 0 bridgehead atoms. The molecule has 0 aliphatic carbocycles. The maximum Gasteiger partial charge on any atom is 0.228 e. The lowest BCUT2D eigenvalue weighted by Gasteiger charge is -2.31. The monoisotopic (exact) mass is 414 g/mol. The van der Waals surface area contributed by atoms with E-state index in [1.165, 1.54) is 9.87 Å². The minimum absolute atomic E-state index is 0.0231. The van der Waals surface area contributed by atoms with Crippen LogP contribution in [0.2, 0.25) is 0 Å². The van der Waals surface area contributed by atoms with E-state index >= 15 is 0 Å². The molecule has 1 N–H and O–H groups in total. The van der Waals surface area contributed by atoms with Gasteiger partial charge in [-0.15, -0.1) is 0 Å². The van der Waals surface area contributed by atoms with Crippen molar-refractivity contribution in [1.82, 2.24) is 4.31 Å². The third kappa shape index (κ3) is 5.46. The van der Waals surface area contributed by atoms with Crippen molar-refractivity contribution < 1.29 is 13.2 Å². The maximum absolute atomic E-state index is 12.9. The molecular weight excluding hydrogens is 384 g/mol. The summed E-state index contributed by atoms with van der Waals surface area (Å²) < 4.78 is 27.3. The van der Waals surface area contributed by atoms with Gasteiger partial charge in [0.25, 0.3) is 0 Å². The number of rotatable bonds is 6. The Hall–Kier alpha value is -2.18. The van der Waals surface area contributed by atoms with E-state index in [0.717, 1.165) is 16.8 Å². The van der Waals surface area contributed by atoms with Gasteiger partial charge in [-0.25, -0.2) is 12.7 Å². The van der Waals surface area contributed by atoms with Gasteiger partial charge in [0.1, 0.15) is 0 Å². The van der Waals surface area contributed by atoms with Gasteiger partial charge in [0.05, 0.1) is 11.7 Å². The van der Waals surface area contributed by atoms with E-state index in [0.29, 0.717) is 25.3 Å². The summed E-state index contributed by atoms with van der Waals surface area (Å²) in [6.07, 6.45) is 1.39. The van der Waals surface area contributed by atoms with Gasteiger partial charge in [0, 0.05) is 18.8 Å². The van der Waals surface area contributed by atoms with Gasteiger partial charge in [-0.3, -0.25) is 4.79 Å². The van der Waals surface area contributed by atoms with Crippen LogP contribution in [0.5, 0.6) is 0 Å². The molecule has 2 aromatic carbocycles. The summed E-state index contributed by atoms with van der Waals surface area (Å²) in [5.41, 5.74) is 3.74. The number of nitrogens with one attached hydrogen (secondary N) is 1. The molecule has 1 amide bonds. The molecule has 156 valence electrons. The van der Waals surface area contributed by atoms with Crippen molar-refractivity contribution in [3.8, 4) is 0 Å².